The van der Waals surface area contributed by atoms with Crippen molar-refractivity contribution in [2.75, 3.05) is 0 Å². The van der Waals surface area contributed by atoms with Crippen LogP contribution in [0.2, 0.25) is 0 Å². The monoisotopic (exact) mass is 220 g/mol. The molecule has 0 spiro atoms. The highest BCUT2D eigenvalue weighted by molar-refractivity contribution is 5.83. The number of rotatable bonds is 1. The van der Waals surface area contributed by atoms with E-state index in [4.69, 9.17) is 0 Å². The number of aromatic nitrogens is 2. The van der Waals surface area contributed by atoms with Crippen LogP contribution in [-0.4, -0.2) is 9.97 Å². The Morgan fingerprint density at radius 3 is 2.76 bits per heavy atom. The Labute approximate surface area is 100.0 Å². The van der Waals surface area contributed by atoms with E-state index in [2.05, 4.69) is 47.2 Å². The molecular weight excluding hydrogens is 208 g/mol. The minimum atomic E-state index is 0.984. The quantitative estimate of drug-likeness (QED) is 0.626. The molecule has 1 aromatic carbocycles. The summed E-state index contributed by atoms with van der Waals surface area (Å²) in [5.41, 5.74) is 4.62. The largest absolute Gasteiger partial charge is 0.264 e. The number of nitrogens with zero attached hydrogens (tertiary/aromatic N) is 2. The van der Waals surface area contributed by atoms with Crippen molar-refractivity contribution in [2.24, 2.45) is 0 Å². The molecule has 0 amide bonds. The molecule has 2 heterocycles. The average Bonchev–Trinajstić information content (AvgIpc) is 2.39. The van der Waals surface area contributed by atoms with Gasteiger partial charge in [0, 0.05) is 29.5 Å². The van der Waals surface area contributed by atoms with Gasteiger partial charge in [-0.15, -0.1) is 0 Å². The summed E-state index contributed by atoms with van der Waals surface area (Å²) < 4.78 is 0. The fraction of sp³-hybridized carbons (Fsp3) is 0.0667. The zero-order chi connectivity index (χ0) is 11.7. The van der Waals surface area contributed by atoms with Gasteiger partial charge in [-0.25, -0.2) is 0 Å². The standard InChI is InChI=1S/C15H12N2/c1-11-4-2-3-5-14(11)12-8-13-9-16-7-6-15(13)17-10-12/h2-10H,1H3. The van der Waals surface area contributed by atoms with Gasteiger partial charge >= 0.3 is 0 Å². The lowest BCUT2D eigenvalue weighted by Crippen LogP contribution is -1.86. The van der Waals surface area contributed by atoms with Crippen molar-refractivity contribution in [3.63, 3.8) is 0 Å². The summed E-state index contributed by atoms with van der Waals surface area (Å²) in [7, 11) is 0. The molecule has 82 valence electrons. The number of hydrogen-bond acceptors (Lipinski definition) is 2. The van der Waals surface area contributed by atoms with E-state index in [0.717, 1.165) is 16.5 Å². The highest BCUT2D eigenvalue weighted by Gasteiger charge is 2.02. The summed E-state index contributed by atoms with van der Waals surface area (Å²) in [5, 5.41) is 1.08. The van der Waals surface area contributed by atoms with E-state index in [9.17, 15) is 0 Å². The SMILES string of the molecule is Cc1ccccc1-c1cnc2ccncc2c1. The summed E-state index contributed by atoms with van der Waals surface area (Å²) in [6, 6.07) is 12.4. The van der Waals surface area contributed by atoms with Crippen LogP contribution in [0.1, 0.15) is 5.56 Å². The smallest absolute Gasteiger partial charge is 0.0733 e. The third-order valence-corrected chi connectivity index (χ3v) is 2.94. The Bertz CT molecular complexity index is 674. The van der Waals surface area contributed by atoms with Gasteiger partial charge in [0.15, 0.2) is 0 Å². The van der Waals surface area contributed by atoms with E-state index in [1.807, 2.05) is 18.5 Å². The highest BCUT2D eigenvalue weighted by Crippen LogP contribution is 2.24. The molecule has 0 saturated carbocycles. The Hall–Kier alpha value is -2.22. The van der Waals surface area contributed by atoms with Gasteiger partial charge in [0.2, 0.25) is 0 Å². The summed E-state index contributed by atoms with van der Waals surface area (Å²) >= 11 is 0. The minimum Gasteiger partial charge on any atom is -0.264 e. The van der Waals surface area contributed by atoms with E-state index >= 15 is 0 Å². The molecule has 2 nitrogen and oxygen atoms in total. The second kappa shape index (κ2) is 3.98. The van der Waals surface area contributed by atoms with Gasteiger partial charge in [-0.3, -0.25) is 9.97 Å². The Balaban J connectivity index is 2.22. The van der Waals surface area contributed by atoms with Gasteiger partial charge in [-0.1, -0.05) is 24.3 Å². The first-order valence-corrected chi connectivity index (χ1v) is 5.60. The van der Waals surface area contributed by atoms with Gasteiger partial charge in [-0.05, 0) is 30.2 Å². The Kier molecular flexibility index (Phi) is 2.33. The molecule has 0 aliphatic rings. The molecule has 17 heavy (non-hydrogen) atoms. The van der Waals surface area contributed by atoms with Crippen molar-refractivity contribution in [2.45, 2.75) is 6.92 Å². The maximum Gasteiger partial charge on any atom is 0.0733 e. The van der Waals surface area contributed by atoms with E-state index in [1.165, 1.54) is 11.1 Å². The predicted molar refractivity (Wildman–Crippen MR) is 69.7 cm³/mol. The number of aryl methyl sites for hydroxylation is 1. The molecule has 0 aliphatic heterocycles. The van der Waals surface area contributed by atoms with Crippen molar-refractivity contribution >= 4 is 10.9 Å². The second-order valence-corrected chi connectivity index (χ2v) is 4.11. The highest BCUT2D eigenvalue weighted by atomic mass is 14.7. The van der Waals surface area contributed by atoms with E-state index < -0.39 is 0 Å². The van der Waals surface area contributed by atoms with Crippen LogP contribution in [0.3, 0.4) is 0 Å². The zero-order valence-electron chi connectivity index (χ0n) is 9.59. The molecule has 0 aliphatic carbocycles. The third-order valence-electron chi connectivity index (χ3n) is 2.94. The van der Waals surface area contributed by atoms with E-state index in [1.54, 1.807) is 6.20 Å². The molecule has 3 rings (SSSR count). The fourth-order valence-electron chi connectivity index (χ4n) is 2.02. The number of hydrogen-bond donors (Lipinski definition) is 0. The molecule has 0 bridgehead atoms. The summed E-state index contributed by atoms with van der Waals surface area (Å²) in [6.45, 7) is 2.11. The van der Waals surface area contributed by atoms with Crippen LogP contribution in [0.15, 0.2) is 55.0 Å². The molecule has 0 radical (unpaired) electrons. The van der Waals surface area contributed by atoms with Crippen LogP contribution < -0.4 is 0 Å². The summed E-state index contributed by atoms with van der Waals surface area (Å²) in [6.07, 6.45) is 5.54. The van der Waals surface area contributed by atoms with Crippen molar-refractivity contribution in [1.29, 1.82) is 0 Å². The van der Waals surface area contributed by atoms with Gasteiger partial charge in [0.25, 0.3) is 0 Å². The van der Waals surface area contributed by atoms with Crippen molar-refractivity contribution in [3.05, 3.63) is 60.6 Å². The van der Waals surface area contributed by atoms with Gasteiger partial charge in [-0.2, -0.15) is 0 Å². The number of benzene rings is 1. The normalized spacial score (nSPS) is 10.6. The molecule has 0 fully saturated rings. The zero-order valence-corrected chi connectivity index (χ0v) is 9.59. The summed E-state index contributed by atoms with van der Waals surface area (Å²) in [4.78, 5) is 8.59. The van der Waals surface area contributed by atoms with Crippen LogP contribution in [0.25, 0.3) is 22.0 Å². The fourth-order valence-corrected chi connectivity index (χ4v) is 2.02. The molecular formula is C15H12N2. The van der Waals surface area contributed by atoms with Crippen LogP contribution in [0.5, 0.6) is 0 Å². The summed E-state index contributed by atoms with van der Waals surface area (Å²) in [5.74, 6) is 0. The lowest BCUT2D eigenvalue weighted by Gasteiger charge is -2.06. The Morgan fingerprint density at radius 1 is 1.00 bits per heavy atom. The lowest BCUT2D eigenvalue weighted by atomic mass is 10.0. The topological polar surface area (TPSA) is 25.8 Å². The molecule has 0 unspecified atom stereocenters. The predicted octanol–water partition coefficient (Wildman–Crippen LogP) is 3.61. The van der Waals surface area contributed by atoms with Crippen LogP contribution in [0, 0.1) is 6.92 Å². The maximum absolute atomic E-state index is 4.46. The van der Waals surface area contributed by atoms with Gasteiger partial charge in [0.05, 0.1) is 5.52 Å². The van der Waals surface area contributed by atoms with Gasteiger partial charge < -0.3 is 0 Å². The van der Waals surface area contributed by atoms with E-state index in [0.29, 0.717) is 0 Å². The van der Waals surface area contributed by atoms with Crippen LogP contribution >= 0.6 is 0 Å². The first kappa shape index (κ1) is 9.97. The van der Waals surface area contributed by atoms with Crippen molar-refractivity contribution in [1.82, 2.24) is 9.97 Å². The number of fused-ring (bicyclic) bond motifs is 1. The minimum absolute atomic E-state index is 0.984. The maximum atomic E-state index is 4.46. The van der Waals surface area contributed by atoms with Crippen molar-refractivity contribution < 1.29 is 0 Å². The molecule has 2 heteroatoms. The van der Waals surface area contributed by atoms with Crippen molar-refractivity contribution in [3.8, 4) is 11.1 Å². The molecule has 0 saturated heterocycles. The molecule has 3 aromatic rings. The average molecular weight is 220 g/mol. The van der Waals surface area contributed by atoms with Crippen LogP contribution in [-0.2, 0) is 0 Å². The number of pyridine rings is 2. The Morgan fingerprint density at radius 2 is 1.88 bits per heavy atom. The van der Waals surface area contributed by atoms with E-state index in [-0.39, 0.29) is 0 Å². The molecule has 2 aromatic heterocycles. The second-order valence-electron chi connectivity index (χ2n) is 4.11. The first-order chi connectivity index (χ1) is 8.34. The van der Waals surface area contributed by atoms with Gasteiger partial charge in [0.1, 0.15) is 0 Å². The third kappa shape index (κ3) is 1.78. The molecule has 0 N–H and O–H groups in total. The lowest BCUT2D eigenvalue weighted by molar-refractivity contribution is 1.32. The molecule has 0 atom stereocenters. The first-order valence-electron chi connectivity index (χ1n) is 5.60. The van der Waals surface area contributed by atoms with Crippen LogP contribution in [0.4, 0.5) is 0 Å².